The van der Waals surface area contributed by atoms with Crippen molar-refractivity contribution in [2.24, 2.45) is 0 Å². The summed E-state index contributed by atoms with van der Waals surface area (Å²) in [5.41, 5.74) is 6.98. The Kier molecular flexibility index (Phi) is 19.0. The zero-order valence-corrected chi connectivity index (χ0v) is 35.8. The summed E-state index contributed by atoms with van der Waals surface area (Å²) < 4.78 is 72.4. The summed E-state index contributed by atoms with van der Waals surface area (Å²) in [6.07, 6.45) is 2.04. The van der Waals surface area contributed by atoms with E-state index in [1.807, 2.05) is 6.92 Å². The second-order valence-electron chi connectivity index (χ2n) is 12.3. The van der Waals surface area contributed by atoms with Crippen LogP contribution in [0.5, 0.6) is 0 Å². The highest BCUT2D eigenvalue weighted by Gasteiger charge is 2.44. The van der Waals surface area contributed by atoms with E-state index in [2.05, 4.69) is 51.2 Å². The van der Waals surface area contributed by atoms with Gasteiger partial charge in [-0.2, -0.15) is 8.62 Å². The standard InChI is InChI=1S/C28H45N4O15P3S4/c1-5-54(51)19-43-21-14-23(45-22(21)16-44-49(37,38)47-50(39,40)46-48(34,35)36)32-15-20(25-26(29)30-17-31-27(25)32)10-6-7-11-24(33)42-13-9-8-12-41-18-52-53-28(2,3)4/h15,17,21-23H,5,7-9,11-14,16,18-19H2,1-4H3,(H,37,38)(H,39,40)(H2,29,30,31)(H2,34,35,36)/t21-,22+,23+,54?/m0/s1. The Hall–Kier alpha value is -0.990. The quantitative estimate of drug-likeness (QED) is 0.0268. The molecule has 0 bridgehead atoms. The summed E-state index contributed by atoms with van der Waals surface area (Å²) in [5.74, 6) is 7.08. The fourth-order valence-electron chi connectivity index (χ4n) is 4.52. The molecule has 26 heteroatoms. The number of phosphoric ester groups is 1. The Labute approximate surface area is 327 Å². The monoisotopic (exact) mass is 898 g/mol. The lowest BCUT2D eigenvalue weighted by atomic mass is 10.2. The third-order valence-electron chi connectivity index (χ3n) is 6.75. The number of anilines is 1. The molecule has 1 saturated heterocycles. The molecule has 1 aliphatic rings. The fourth-order valence-corrected chi connectivity index (χ4v) is 10.2. The molecular weight excluding hydrogens is 854 g/mol. The third kappa shape index (κ3) is 17.2. The maximum Gasteiger partial charge on any atom is 0.490 e. The molecule has 3 unspecified atom stereocenters. The average molecular weight is 899 g/mol. The molecule has 2 aromatic heterocycles. The molecule has 6 N–H and O–H groups in total. The number of nitrogens with two attached hydrogens (primary N) is 1. The van der Waals surface area contributed by atoms with Gasteiger partial charge in [0.05, 0.1) is 42.6 Å². The lowest BCUT2D eigenvalue weighted by molar-refractivity contribution is -0.143. The summed E-state index contributed by atoms with van der Waals surface area (Å²) in [6.45, 7) is 8.43. The Morgan fingerprint density at radius 2 is 1.87 bits per heavy atom. The first-order chi connectivity index (χ1) is 25.2. The van der Waals surface area contributed by atoms with Gasteiger partial charge in [0, 0.05) is 30.4 Å². The van der Waals surface area contributed by atoms with Crippen LogP contribution < -0.4 is 5.73 Å². The first kappa shape index (κ1) is 47.4. The van der Waals surface area contributed by atoms with Crippen molar-refractivity contribution in [1.29, 1.82) is 0 Å². The van der Waals surface area contributed by atoms with Gasteiger partial charge in [-0.15, -0.1) is 0 Å². The number of carbonyl (C=O) groups excluding carboxylic acids is 1. The van der Waals surface area contributed by atoms with Gasteiger partial charge in [-0.1, -0.05) is 70.6 Å². The molecule has 0 aromatic carbocycles. The van der Waals surface area contributed by atoms with E-state index in [1.165, 1.54) is 6.33 Å². The van der Waals surface area contributed by atoms with E-state index in [9.17, 15) is 28.3 Å². The minimum Gasteiger partial charge on any atom is -0.466 e. The van der Waals surface area contributed by atoms with E-state index < -0.39 is 58.0 Å². The number of hydrogen-bond donors (Lipinski definition) is 5. The topological polar surface area (TPSA) is 271 Å². The molecule has 19 nitrogen and oxygen atoms in total. The van der Waals surface area contributed by atoms with Crippen molar-refractivity contribution in [1.82, 2.24) is 14.5 Å². The first-order valence-electron chi connectivity index (χ1n) is 16.2. The van der Waals surface area contributed by atoms with Gasteiger partial charge >= 0.3 is 29.4 Å². The SMILES string of the molecule is CCS(=S)CO[C@H]1C[C@H](n2cc(C#CCCC(=O)OCCCCOCSSC(C)(C)C)c3c(N)ncnc32)O[C@@H]1COP(=O)(O)OP(=O)(O)OP(=O)(O)O. The number of carbonyl (C=O) groups is 1. The Balaban J connectivity index is 1.63. The highest BCUT2D eigenvalue weighted by molar-refractivity contribution is 8.77. The fraction of sp³-hybridized carbons (Fsp3) is 0.679. The van der Waals surface area contributed by atoms with Gasteiger partial charge in [-0.05, 0) is 29.8 Å². The van der Waals surface area contributed by atoms with Crippen molar-refractivity contribution in [3.05, 3.63) is 18.1 Å². The highest BCUT2D eigenvalue weighted by Crippen LogP contribution is 2.66. The number of fused-ring (bicyclic) bond motifs is 1. The van der Waals surface area contributed by atoms with Crippen LogP contribution in [0, 0.1) is 11.8 Å². The second kappa shape index (κ2) is 21.7. The van der Waals surface area contributed by atoms with Crippen molar-refractivity contribution in [2.45, 2.75) is 83.0 Å². The van der Waals surface area contributed by atoms with E-state index in [-0.39, 0.29) is 48.3 Å². The van der Waals surface area contributed by atoms with E-state index in [4.69, 9.17) is 50.2 Å². The van der Waals surface area contributed by atoms with Crippen LogP contribution >= 0.6 is 45.1 Å². The van der Waals surface area contributed by atoms with Crippen molar-refractivity contribution < 1.29 is 70.2 Å². The summed E-state index contributed by atoms with van der Waals surface area (Å²) in [5, 5.41) is 0.418. The molecule has 0 aliphatic carbocycles. The molecule has 0 radical (unpaired) electrons. The van der Waals surface area contributed by atoms with E-state index >= 15 is 0 Å². The van der Waals surface area contributed by atoms with E-state index in [0.29, 0.717) is 41.3 Å². The van der Waals surface area contributed by atoms with Gasteiger partial charge < -0.3 is 48.8 Å². The summed E-state index contributed by atoms with van der Waals surface area (Å²) >= 11 is 5.37. The lowest BCUT2D eigenvalue weighted by Crippen LogP contribution is -2.30. The van der Waals surface area contributed by atoms with Gasteiger partial charge in [-0.3, -0.25) is 9.32 Å². The molecule has 6 atom stereocenters. The van der Waals surface area contributed by atoms with Crippen LogP contribution in [0.2, 0.25) is 0 Å². The number of nitrogen functional groups attached to an aromatic ring is 1. The van der Waals surface area contributed by atoms with Gasteiger partial charge in [0.25, 0.3) is 0 Å². The summed E-state index contributed by atoms with van der Waals surface area (Å²) in [6, 6.07) is 0. The zero-order chi connectivity index (χ0) is 40.2. The van der Waals surface area contributed by atoms with Crippen LogP contribution in [-0.4, -0.2) is 94.5 Å². The van der Waals surface area contributed by atoms with Crippen LogP contribution in [0.15, 0.2) is 12.5 Å². The molecule has 0 saturated carbocycles. The molecule has 2 aromatic rings. The van der Waals surface area contributed by atoms with E-state index in [0.717, 1.165) is 6.42 Å². The molecule has 0 amide bonds. The number of rotatable bonds is 22. The molecule has 3 heterocycles. The minimum absolute atomic E-state index is 0.0686. The van der Waals surface area contributed by atoms with Crippen molar-refractivity contribution >= 4 is 88.5 Å². The number of phosphoric acid groups is 3. The Morgan fingerprint density at radius 1 is 1.15 bits per heavy atom. The van der Waals surface area contributed by atoms with Gasteiger partial charge in [0.2, 0.25) is 0 Å². The smallest absolute Gasteiger partial charge is 0.466 e. The maximum absolute atomic E-state index is 12.4. The molecule has 1 aliphatic heterocycles. The molecule has 3 rings (SSSR count). The number of unbranched alkanes of at least 4 members (excludes halogenated alkanes) is 1. The Bertz CT molecular complexity index is 1800. The largest absolute Gasteiger partial charge is 0.490 e. The van der Waals surface area contributed by atoms with Crippen LogP contribution in [0.3, 0.4) is 0 Å². The van der Waals surface area contributed by atoms with Crippen LogP contribution in [0.1, 0.15) is 71.6 Å². The second-order valence-corrected chi connectivity index (χ2v) is 22.9. The van der Waals surface area contributed by atoms with Crippen molar-refractivity contribution in [3.8, 4) is 11.8 Å². The lowest BCUT2D eigenvalue weighted by Gasteiger charge is -2.21. The number of nitrogens with zero attached hydrogens (tertiary/aromatic N) is 3. The van der Waals surface area contributed by atoms with Crippen molar-refractivity contribution in [3.63, 3.8) is 0 Å². The highest BCUT2D eigenvalue weighted by atomic mass is 33.1. The molecule has 0 spiro atoms. The number of esters is 1. The normalized spacial score (nSPS) is 20.6. The van der Waals surface area contributed by atoms with Crippen LogP contribution in [-0.2, 0) is 71.2 Å². The average Bonchev–Trinajstić information content (AvgIpc) is 3.63. The molecule has 1 fully saturated rings. The van der Waals surface area contributed by atoms with Gasteiger partial charge in [0.15, 0.2) is 0 Å². The first-order valence-corrected chi connectivity index (χ1v) is 25.6. The van der Waals surface area contributed by atoms with Gasteiger partial charge in [0.1, 0.15) is 36.1 Å². The van der Waals surface area contributed by atoms with Crippen LogP contribution in [0.4, 0.5) is 5.82 Å². The number of aromatic nitrogens is 3. The van der Waals surface area contributed by atoms with Crippen molar-refractivity contribution in [2.75, 3.05) is 43.2 Å². The summed E-state index contributed by atoms with van der Waals surface area (Å²) in [7, 11) is -13.9. The maximum atomic E-state index is 12.4. The summed E-state index contributed by atoms with van der Waals surface area (Å²) in [4.78, 5) is 57.7. The minimum atomic E-state index is -5.73. The zero-order valence-electron chi connectivity index (χ0n) is 29.8. The molecule has 306 valence electrons. The molecule has 54 heavy (non-hydrogen) atoms. The molecular formula is C28H45N4O15P3S4. The van der Waals surface area contributed by atoms with Gasteiger partial charge in [-0.25, -0.2) is 23.7 Å². The predicted molar refractivity (Wildman–Crippen MR) is 207 cm³/mol. The van der Waals surface area contributed by atoms with E-state index in [1.54, 1.807) is 32.4 Å². The third-order valence-corrected chi connectivity index (χ3v) is 15.6. The Morgan fingerprint density at radius 3 is 2.56 bits per heavy atom. The number of ether oxygens (including phenoxy) is 4. The predicted octanol–water partition coefficient (Wildman–Crippen LogP) is 4.70. The van der Waals surface area contributed by atoms with Crippen LogP contribution in [0.25, 0.3) is 11.0 Å². The number of hydrogen-bond acceptors (Lipinski definition) is 17.